The summed E-state index contributed by atoms with van der Waals surface area (Å²) in [5.74, 6) is -0.639. The van der Waals surface area contributed by atoms with Crippen molar-refractivity contribution in [2.75, 3.05) is 5.32 Å². The summed E-state index contributed by atoms with van der Waals surface area (Å²) in [5.41, 5.74) is 7.56. The van der Waals surface area contributed by atoms with Gasteiger partial charge in [-0.05, 0) is 58.5 Å². The van der Waals surface area contributed by atoms with Crippen molar-refractivity contribution in [3.63, 3.8) is 0 Å². The number of carbonyl (C=O) groups is 1. The van der Waals surface area contributed by atoms with Crippen LogP contribution in [0.1, 0.15) is 15.9 Å². The normalized spacial score (nSPS) is 10.2. The zero-order chi connectivity index (χ0) is 15.4. The summed E-state index contributed by atoms with van der Waals surface area (Å²) in [6, 6.07) is 11.3. The van der Waals surface area contributed by atoms with Crippen molar-refractivity contribution in [3.8, 4) is 0 Å². The zero-order valence-corrected chi connectivity index (χ0v) is 13.9. The minimum absolute atomic E-state index is 0.276. The number of hydrogen-bond donors (Lipinski definition) is 2. The molecule has 2 rings (SSSR count). The fraction of sp³-hybridized carbons (Fsp3) is 0.0667. The first-order valence-electron chi connectivity index (χ1n) is 6.09. The van der Waals surface area contributed by atoms with Gasteiger partial charge in [0.25, 0.3) is 5.91 Å². The van der Waals surface area contributed by atoms with Gasteiger partial charge in [-0.15, -0.1) is 0 Å². The summed E-state index contributed by atoms with van der Waals surface area (Å²) < 4.78 is 13.6. The van der Waals surface area contributed by atoms with Crippen LogP contribution in [0.2, 0.25) is 0 Å². The molecule has 0 aliphatic heterocycles. The van der Waals surface area contributed by atoms with E-state index in [0.29, 0.717) is 26.2 Å². The van der Waals surface area contributed by atoms with Gasteiger partial charge >= 0.3 is 0 Å². The van der Waals surface area contributed by atoms with Gasteiger partial charge < -0.3 is 11.1 Å². The van der Waals surface area contributed by atoms with Gasteiger partial charge in [-0.1, -0.05) is 24.4 Å². The summed E-state index contributed by atoms with van der Waals surface area (Å²) in [4.78, 5) is 12.6. The third-order valence-electron chi connectivity index (χ3n) is 2.77. The average molecular weight is 414 g/mol. The average Bonchev–Trinajstić information content (AvgIpc) is 2.40. The molecule has 2 aromatic carbocycles. The monoisotopic (exact) mass is 414 g/mol. The van der Waals surface area contributed by atoms with Crippen LogP contribution < -0.4 is 11.1 Å². The lowest BCUT2D eigenvalue weighted by Crippen LogP contribution is -2.14. The van der Waals surface area contributed by atoms with Crippen molar-refractivity contribution in [3.05, 3.63) is 63.0 Å². The van der Waals surface area contributed by atoms with Gasteiger partial charge in [0.2, 0.25) is 0 Å². The highest BCUT2D eigenvalue weighted by atomic mass is 127. The molecule has 2 aromatic rings. The number of nitrogens with two attached hydrogens (primary N) is 1. The van der Waals surface area contributed by atoms with Crippen LogP contribution in [0, 0.1) is 9.39 Å². The summed E-state index contributed by atoms with van der Waals surface area (Å²) in [6.07, 6.45) is 0.527. The van der Waals surface area contributed by atoms with Gasteiger partial charge in [0.1, 0.15) is 5.82 Å². The highest BCUT2D eigenvalue weighted by Crippen LogP contribution is 2.17. The van der Waals surface area contributed by atoms with Gasteiger partial charge in [0.05, 0.1) is 10.6 Å². The Morgan fingerprint density at radius 3 is 2.48 bits per heavy atom. The topological polar surface area (TPSA) is 55.1 Å². The second-order valence-corrected chi connectivity index (χ2v) is 6.10. The first-order valence-corrected chi connectivity index (χ1v) is 7.58. The predicted octanol–water partition coefficient (Wildman–Crippen LogP) is 3.51. The molecule has 21 heavy (non-hydrogen) atoms. The molecule has 0 aliphatic carbocycles. The Bertz CT molecular complexity index is 689. The number of halogens is 2. The minimum Gasteiger partial charge on any atom is -0.393 e. The molecule has 3 N–H and O–H groups in total. The number of anilines is 1. The van der Waals surface area contributed by atoms with E-state index < -0.39 is 0 Å². The third kappa shape index (κ3) is 4.47. The Labute approximate surface area is 140 Å². The van der Waals surface area contributed by atoms with Gasteiger partial charge in [-0.2, -0.15) is 0 Å². The van der Waals surface area contributed by atoms with E-state index in [0.717, 1.165) is 5.56 Å². The molecule has 0 aromatic heterocycles. The van der Waals surface area contributed by atoms with Crippen molar-refractivity contribution in [1.29, 1.82) is 0 Å². The van der Waals surface area contributed by atoms with Crippen LogP contribution in [0.25, 0.3) is 0 Å². The number of carbonyl (C=O) groups excluding carboxylic acids is 1. The van der Waals surface area contributed by atoms with Crippen LogP contribution >= 0.6 is 34.8 Å². The van der Waals surface area contributed by atoms with Crippen LogP contribution in [-0.2, 0) is 6.42 Å². The number of benzene rings is 2. The van der Waals surface area contributed by atoms with Crippen LogP contribution in [0.3, 0.4) is 0 Å². The molecule has 1 amide bonds. The van der Waals surface area contributed by atoms with Crippen LogP contribution in [0.4, 0.5) is 10.1 Å². The predicted molar refractivity (Wildman–Crippen MR) is 94.0 cm³/mol. The molecule has 0 spiro atoms. The second-order valence-electron chi connectivity index (χ2n) is 4.42. The van der Waals surface area contributed by atoms with E-state index in [2.05, 4.69) is 5.32 Å². The number of hydrogen-bond acceptors (Lipinski definition) is 2. The van der Waals surface area contributed by atoms with Crippen LogP contribution in [-0.4, -0.2) is 10.9 Å². The standard InChI is InChI=1S/C15H12FIN2OS/c16-10-3-6-12(13(17)8-10)15(20)19-11-4-1-9(2-5-11)7-14(18)21/h1-6,8H,7H2,(H2,18,21)(H,19,20). The fourth-order valence-electron chi connectivity index (χ4n) is 1.78. The molecular weight excluding hydrogens is 402 g/mol. The van der Waals surface area contributed by atoms with E-state index in [-0.39, 0.29) is 11.7 Å². The van der Waals surface area contributed by atoms with Crippen molar-refractivity contribution in [2.45, 2.75) is 6.42 Å². The van der Waals surface area contributed by atoms with Gasteiger partial charge in [0, 0.05) is 15.7 Å². The first kappa shape index (κ1) is 15.8. The maximum atomic E-state index is 13.0. The SMILES string of the molecule is NC(=S)Cc1ccc(NC(=O)c2ccc(F)cc2I)cc1. The molecule has 0 radical (unpaired) electrons. The molecule has 3 nitrogen and oxygen atoms in total. The quantitative estimate of drug-likeness (QED) is 0.595. The van der Waals surface area contributed by atoms with E-state index in [9.17, 15) is 9.18 Å². The molecule has 0 aliphatic rings. The fourth-order valence-corrected chi connectivity index (χ4v) is 2.67. The summed E-state index contributed by atoms with van der Waals surface area (Å²) in [6.45, 7) is 0. The lowest BCUT2D eigenvalue weighted by molar-refractivity contribution is 0.102. The summed E-state index contributed by atoms with van der Waals surface area (Å²) >= 11 is 6.78. The van der Waals surface area contributed by atoms with E-state index in [1.54, 1.807) is 12.1 Å². The van der Waals surface area contributed by atoms with Crippen molar-refractivity contribution in [2.24, 2.45) is 5.73 Å². The maximum absolute atomic E-state index is 13.0. The molecule has 108 valence electrons. The Balaban J connectivity index is 2.10. The Kier molecular flexibility index (Phi) is 5.24. The van der Waals surface area contributed by atoms with Gasteiger partial charge in [-0.25, -0.2) is 4.39 Å². The van der Waals surface area contributed by atoms with Crippen molar-refractivity contribution >= 4 is 51.4 Å². The Hall–Kier alpha value is -1.54. The number of amides is 1. The minimum atomic E-state index is -0.363. The number of rotatable bonds is 4. The van der Waals surface area contributed by atoms with Crippen LogP contribution in [0.5, 0.6) is 0 Å². The first-order chi connectivity index (χ1) is 9.95. The van der Waals surface area contributed by atoms with E-state index in [1.165, 1.54) is 18.2 Å². The largest absolute Gasteiger partial charge is 0.393 e. The second kappa shape index (κ2) is 6.95. The molecule has 0 saturated heterocycles. The summed E-state index contributed by atoms with van der Waals surface area (Å²) in [7, 11) is 0. The molecule has 0 bridgehead atoms. The van der Waals surface area contributed by atoms with Crippen molar-refractivity contribution in [1.82, 2.24) is 0 Å². The number of thiocarbonyl (C=S) groups is 1. The molecule has 0 saturated carbocycles. The van der Waals surface area contributed by atoms with E-state index in [4.69, 9.17) is 18.0 Å². The lowest BCUT2D eigenvalue weighted by atomic mass is 10.1. The van der Waals surface area contributed by atoms with Gasteiger partial charge in [-0.3, -0.25) is 4.79 Å². The van der Waals surface area contributed by atoms with Crippen LogP contribution in [0.15, 0.2) is 42.5 Å². The molecular formula is C15H12FIN2OS. The molecule has 0 unspecified atom stereocenters. The third-order valence-corrected chi connectivity index (χ3v) is 3.80. The van der Waals surface area contributed by atoms with E-state index >= 15 is 0 Å². The number of nitrogens with one attached hydrogen (secondary N) is 1. The van der Waals surface area contributed by atoms with E-state index in [1.807, 2.05) is 34.7 Å². The smallest absolute Gasteiger partial charge is 0.256 e. The molecule has 0 fully saturated rings. The zero-order valence-electron chi connectivity index (χ0n) is 10.9. The van der Waals surface area contributed by atoms with Crippen molar-refractivity contribution < 1.29 is 9.18 Å². The molecule has 0 atom stereocenters. The molecule has 6 heteroatoms. The highest BCUT2D eigenvalue weighted by molar-refractivity contribution is 14.1. The molecule has 0 heterocycles. The Morgan fingerprint density at radius 1 is 1.24 bits per heavy atom. The summed E-state index contributed by atoms with van der Waals surface area (Å²) in [5, 5.41) is 2.77. The van der Waals surface area contributed by atoms with Gasteiger partial charge in [0.15, 0.2) is 0 Å². The maximum Gasteiger partial charge on any atom is 0.256 e. The Morgan fingerprint density at radius 2 is 1.90 bits per heavy atom. The highest BCUT2D eigenvalue weighted by Gasteiger charge is 2.11. The lowest BCUT2D eigenvalue weighted by Gasteiger charge is -2.08.